The highest BCUT2D eigenvalue weighted by atomic mass is 127. The molecule has 0 saturated carbocycles. The maximum Gasteiger partial charge on any atom is 0.191 e. The minimum atomic E-state index is 0. The molecule has 1 heterocycles. The van der Waals surface area contributed by atoms with Gasteiger partial charge in [-0.3, -0.25) is 9.67 Å². The first kappa shape index (κ1) is 25.2. The molecule has 2 unspecified atom stereocenters. The van der Waals surface area contributed by atoms with Gasteiger partial charge in [-0.15, -0.1) is 24.0 Å². The lowest BCUT2D eigenvalue weighted by atomic mass is 10.0. The molecule has 0 aliphatic rings. The Morgan fingerprint density at radius 1 is 1.27 bits per heavy atom. The normalized spacial score (nSPS) is 14.1. The average Bonchev–Trinajstić information content (AvgIpc) is 2.79. The first-order valence-electron chi connectivity index (χ1n) is 9.37. The van der Waals surface area contributed by atoms with Crippen LogP contribution >= 0.6 is 24.0 Å². The van der Waals surface area contributed by atoms with E-state index in [1.54, 1.807) is 0 Å². The predicted molar refractivity (Wildman–Crippen MR) is 121 cm³/mol. The molecule has 0 aliphatic carbocycles. The van der Waals surface area contributed by atoms with E-state index in [1.165, 1.54) is 11.3 Å². The van der Waals surface area contributed by atoms with Crippen molar-refractivity contribution in [1.29, 1.82) is 0 Å². The molecule has 0 radical (unpaired) electrons. The van der Waals surface area contributed by atoms with Crippen LogP contribution in [0.3, 0.4) is 0 Å². The van der Waals surface area contributed by atoms with Gasteiger partial charge in [0.25, 0.3) is 0 Å². The van der Waals surface area contributed by atoms with Crippen molar-refractivity contribution in [1.82, 2.24) is 20.4 Å². The van der Waals surface area contributed by atoms with E-state index >= 15 is 0 Å². The van der Waals surface area contributed by atoms with Gasteiger partial charge in [0.05, 0.1) is 11.8 Å². The summed E-state index contributed by atoms with van der Waals surface area (Å²) < 4.78 is 7.75. The van der Waals surface area contributed by atoms with Crippen LogP contribution in [0.5, 0.6) is 0 Å². The standard InChI is InChI=1S/C19H37N5O.HI/c1-9-25-18(13(2)3)10-11-21-19(20-7)22-14(4)12-17-15(5)23-24(8)16(17)6;/h13-14,18H,9-12H2,1-8H3,(H2,20,21,22);1H. The van der Waals surface area contributed by atoms with Gasteiger partial charge >= 0.3 is 0 Å². The molecule has 1 rings (SSSR count). The molecular formula is C19H38IN5O. The Hall–Kier alpha value is -0.830. The number of guanidine groups is 1. The van der Waals surface area contributed by atoms with Gasteiger partial charge in [0.2, 0.25) is 0 Å². The molecular weight excluding hydrogens is 441 g/mol. The van der Waals surface area contributed by atoms with Crippen LogP contribution in [-0.2, 0) is 18.2 Å². The number of nitrogens with zero attached hydrogens (tertiary/aromatic N) is 3. The lowest BCUT2D eigenvalue weighted by Crippen LogP contribution is -2.44. The Kier molecular flexibility index (Phi) is 12.1. The molecule has 1 aromatic heterocycles. The third kappa shape index (κ3) is 7.82. The van der Waals surface area contributed by atoms with Crippen molar-refractivity contribution in [2.24, 2.45) is 18.0 Å². The maximum atomic E-state index is 5.80. The van der Waals surface area contributed by atoms with Crippen molar-refractivity contribution in [2.45, 2.75) is 66.5 Å². The second kappa shape index (κ2) is 12.5. The fraction of sp³-hybridized carbons (Fsp3) is 0.789. The Labute approximate surface area is 176 Å². The molecule has 0 aliphatic heterocycles. The van der Waals surface area contributed by atoms with Crippen molar-refractivity contribution in [3.8, 4) is 0 Å². The number of nitrogens with one attached hydrogen (secondary N) is 2. The number of aryl methyl sites for hydroxylation is 2. The molecule has 0 spiro atoms. The summed E-state index contributed by atoms with van der Waals surface area (Å²) in [6.07, 6.45) is 2.19. The zero-order valence-corrected chi connectivity index (χ0v) is 20.0. The molecule has 0 bridgehead atoms. The summed E-state index contributed by atoms with van der Waals surface area (Å²) >= 11 is 0. The summed E-state index contributed by atoms with van der Waals surface area (Å²) in [4.78, 5) is 4.34. The van der Waals surface area contributed by atoms with Gasteiger partial charge in [0.1, 0.15) is 0 Å². The van der Waals surface area contributed by atoms with Gasteiger partial charge in [-0.05, 0) is 52.0 Å². The van der Waals surface area contributed by atoms with Gasteiger partial charge in [-0.1, -0.05) is 13.8 Å². The third-order valence-corrected chi connectivity index (χ3v) is 4.62. The fourth-order valence-corrected chi connectivity index (χ4v) is 3.05. The first-order chi connectivity index (χ1) is 11.8. The number of hydrogen-bond donors (Lipinski definition) is 2. The number of ether oxygens (including phenoxy) is 1. The quantitative estimate of drug-likeness (QED) is 0.325. The molecule has 0 saturated heterocycles. The van der Waals surface area contributed by atoms with Gasteiger partial charge < -0.3 is 15.4 Å². The van der Waals surface area contributed by atoms with E-state index < -0.39 is 0 Å². The van der Waals surface area contributed by atoms with E-state index in [4.69, 9.17) is 4.74 Å². The summed E-state index contributed by atoms with van der Waals surface area (Å²) in [7, 11) is 3.80. The van der Waals surface area contributed by atoms with Crippen molar-refractivity contribution in [3.63, 3.8) is 0 Å². The zero-order chi connectivity index (χ0) is 19.0. The van der Waals surface area contributed by atoms with Crippen LogP contribution in [0, 0.1) is 19.8 Å². The van der Waals surface area contributed by atoms with Crippen molar-refractivity contribution >= 4 is 29.9 Å². The number of aliphatic imine (C=N–C) groups is 1. The number of halogens is 1. The largest absolute Gasteiger partial charge is 0.378 e. The van der Waals surface area contributed by atoms with Crippen LogP contribution in [0.15, 0.2) is 4.99 Å². The van der Waals surface area contributed by atoms with Crippen LogP contribution in [0.2, 0.25) is 0 Å². The van der Waals surface area contributed by atoms with Crippen molar-refractivity contribution in [3.05, 3.63) is 17.0 Å². The van der Waals surface area contributed by atoms with Crippen molar-refractivity contribution < 1.29 is 4.74 Å². The summed E-state index contributed by atoms with van der Waals surface area (Å²) in [5.74, 6) is 1.36. The average molecular weight is 479 g/mol. The van der Waals surface area contributed by atoms with Gasteiger partial charge in [-0.25, -0.2) is 0 Å². The predicted octanol–water partition coefficient (Wildman–Crippen LogP) is 3.20. The first-order valence-corrected chi connectivity index (χ1v) is 9.37. The monoisotopic (exact) mass is 479 g/mol. The highest BCUT2D eigenvalue weighted by Gasteiger charge is 2.15. The summed E-state index contributed by atoms with van der Waals surface area (Å²) in [6.45, 7) is 14.4. The minimum Gasteiger partial charge on any atom is -0.378 e. The molecule has 26 heavy (non-hydrogen) atoms. The molecule has 6 nitrogen and oxygen atoms in total. The SMILES string of the molecule is CCOC(CCNC(=NC)NC(C)Cc1c(C)nn(C)c1C)C(C)C.I. The molecule has 0 fully saturated rings. The third-order valence-electron chi connectivity index (χ3n) is 4.62. The maximum absolute atomic E-state index is 5.80. The second-order valence-corrected chi connectivity index (χ2v) is 7.05. The molecule has 0 aromatic carbocycles. The van der Waals surface area contributed by atoms with Gasteiger partial charge in [-0.2, -0.15) is 5.10 Å². The molecule has 2 atom stereocenters. The highest BCUT2D eigenvalue weighted by molar-refractivity contribution is 14.0. The van der Waals surface area contributed by atoms with Crippen LogP contribution in [0.25, 0.3) is 0 Å². The second-order valence-electron chi connectivity index (χ2n) is 7.05. The number of hydrogen-bond acceptors (Lipinski definition) is 3. The summed E-state index contributed by atoms with van der Waals surface area (Å²) in [5, 5.41) is 11.4. The lowest BCUT2D eigenvalue weighted by molar-refractivity contribution is 0.0258. The Morgan fingerprint density at radius 3 is 2.38 bits per heavy atom. The van der Waals surface area contributed by atoms with E-state index in [0.717, 1.165) is 37.6 Å². The number of aromatic nitrogens is 2. The van der Waals surface area contributed by atoms with E-state index in [9.17, 15) is 0 Å². The molecule has 7 heteroatoms. The van der Waals surface area contributed by atoms with E-state index in [2.05, 4.69) is 55.3 Å². The molecule has 1 aromatic rings. The fourth-order valence-electron chi connectivity index (χ4n) is 3.05. The van der Waals surface area contributed by atoms with Crippen LogP contribution < -0.4 is 10.6 Å². The van der Waals surface area contributed by atoms with E-state index in [-0.39, 0.29) is 36.1 Å². The Bertz CT molecular complexity index is 556. The molecule has 0 amide bonds. The summed E-state index contributed by atoms with van der Waals surface area (Å²) in [5.41, 5.74) is 3.65. The van der Waals surface area contributed by atoms with Crippen LogP contribution in [-0.4, -0.2) is 48.1 Å². The topological polar surface area (TPSA) is 63.5 Å². The lowest BCUT2D eigenvalue weighted by Gasteiger charge is -2.22. The number of rotatable bonds is 9. The van der Waals surface area contributed by atoms with Crippen LogP contribution in [0.4, 0.5) is 0 Å². The van der Waals surface area contributed by atoms with E-state index in [0.29, 0.717) is 5.92 Å². The van der Waals surface area contributed by atoms with Crippen molar-refractivity contribution in [2.75, 3.05) is 20.2 Å². The molecule has 152 valence electrons. The zero-order valence-electron chi connectivity index (χ0n) is 17.7. The Morgan fingerprint density at radius 2 is 1.92 bits per heavy atom. The molecule has 2 N–H and O–H groups in total. The Balaban J connectivity index is 0.00000625. The minimum absolute atomic E-state index is 0. The van der Waals surface area contributed by atoms with Gasteiger partial charge in [0, 0.05) is 39.0 Å². The van der Waals surface area contributed by atoms with Crippen LogP contribution in [0.1, 0.15) is 51.1 Å². The van der Waals surface area contributed by atoms with Gasteiger partial charge in [0.15, 0.2) is 5.96 Å². The smallest absolute Gasteiger partial charge is 0.191 e. The highest BCUT2D eigenvalue weighted by Crippen LogP contribution is 2.14. The summed E-state index contributed by atoms with van der Waals surface area (Å²) in [6, 6.07) is 0.278. The van der Waals surface area contributed by atoms with E-state index in [1.807, 2.05) is 25.7 Å².